The maximum atomic E-state index is 4.75. The van der Waals surface area contributed by atoms with Crippen molar-refractivity contribution in [1.82, 2.24) is 15.1 Å². The van der Waals surface area contributed by atoms with Crippen LogP contribution in [0.3, 0.4) is 0 Å². The zero-order valence-electron chi connectivity index (χ0n) is 13.1. The maximum absolute atomic E-state index is 4.75. The molecule has 1 saturated carbocycles. The van der Waals surface area contributed by atoms with Crippen LogP contribution >= 0.6 is 15.9 Å². The summed E-state index contributed by atoms with van der Waals surface area (Å²) in [4.78, 5) is 0. The second-order valence-corrected chi connectivity index (χ2v) is 6.83. The molecular formula is C16H28BrN3. The lowest BCUT2D eigenvalue weighted by Gasteiger charge is -2.29. The Kier molecular flexibility index (Phi) is 5.67. The first-order valence-electron chi connectivity index (χ1n) is 8.10. The number of rotatable bonds is 7. The van der Waals surface area contributed by atoms with E-state index in [0.29, 0.717) is 5.41 Å². The highest BCUT2D eigenvalue weighted by Crippen LogP contribution is 2.42. The minimum atomic E-state index is 0.441. The summed E-state index contributed by atoms with van der Waals surface area (Å²) >= 11 is 3.80. The number of nitrogens with zero attached hydrogens (tertiary/aromatic N) is 2. The first-order chi connectivity index (χ1) is 9.65. The molecule has 0 aliphatic heterocycles. The van der Waals surface area contributed by atoms with Crippen LogP contribution < -0.4 is 5.32 Å². The Morgan fingerprint density at radius 1 is 1.25 bits per heavy atom. The molecule has 1 aliphatic carbocycles. The van der Waals surface area contributed by atoms with Crippen LogP contribution in [0.4, 0.5) is 0 Å². The third-order valence-electron chi connectivity index (χ3n) is 4.65. The average molecular weight is 342 g/mol. The molecule has 0 unspecified atom stereocenters. The first kappa shape index (κ1) is 16.0. The standard InChI is InChI=1S/C16H28BrN3/c1-4-13-15(17)14(20(6-3)19-13)11-16(12-18-5-2)9-7-8-10-16/h18H,4-12H2,1-3H3. The van der Waals surface area contributed by atoms with Crippen molar-refractivity contribution < 1.29 is 0 Å². The lowest BCUT2D eigenvalue weighted by Crippen LogP contribution is -2.34. The number of hydrogen-bond acceptors (Lipinski definition) is 2. The largest absolute Gasteiger partial charge is 0.316 e. The lowest BCUT2D eigenvalue weighted by molar-refractivity contribution is 0.272. The molecule has 1 fully saturated rings. The van der Waals surface area contributed by atoms with Crippen molar-refractivity contribution in [3.8, 4) is 0 Å². The van der Waals surface area contributed by atoms with E-state index in [0.717, 1.165) is 32.5 Å². The molecule has 1 aliphatic rings. The van der Waals surface area contributed by atoms with E-state index in [1.54, 1.807) is 0 Å². The van der Waals surface area contributed by atoms with E-state index in [-0.39, 0.29) is 0 Å². The molecule has 3 nitrogen and oxygen atoms in total. The molecule has 1 N–H and O–H groups in total. The predicted octanol–water partition coefficient (Wildman–Crippen LogP) is 3.94. The van der Waals surface area contributed by atoms with Crippen LogP contribution in [0, 0.1) is 5.41 Å². The minimum absolute atomic E-state index is 0.441. The minimum Gasteiger partial charge on any atom is -0.316 e. The summed E-state index contributed by atoms with van der Waals surface area (Å²) in [7, 11) is 0. The highest BCUT2D eigenvalue weighted by Gasteiger charge is 2.35. The fourth-order valence-corrected chi connectivity index (χ4v) is 4.18. The van der Waals surface area contributed by atoms with Crippen LogP contribution in [0.1, 0.15) is 57.8 Å². The van der Waals surface area contributed by atoms with Gasteiger partial charge in [-0.2, -0.15) is 5.10 Å². The van der Waals surface area contributed by atoms with Crippen LogP contribution in [0.25, 0.3) is 0 Å². The van der Waals surface area contributed by atoms with Gasteiger partial charge in [0.05, 0.1) is 15.9 Å². The number of aryl methyl sites for hydroxylation is 2. The van der Waals surface area contributed by atoms with Gasteiger partial charge in [0.1, 0.15) is 0 Å². The Bertz CT molecular complexity index is 433. The van der Waals surface area contributed by atoms with Gasteiger partial charge in [-0.05, 0) is 60.5 Å². The van der Waals surface area contributed by atoms with E-state index in [1.165, 1.54) is 41.5 Å². The first-order valence-corrected chi connectivity index (χ1v) is 8.90. The monoisotopic (exact) mass is 341 g/mol. The third kappa shape index (κ3) is 3.28. The molecule has 0 aromatic carbocycles. The van der Waals surface area contributed by atoms with Gasteiger partial charge in [0.15, 0.2) is 0 Å². The van der Waals surface area contributed by atoms with Crippen LogP contribution in [-0.2, 0) is 19.4 Å². The Labute approximate surface area is 131 Å². The Balaban J connectivity index is 2.24. The highest BCUT2D eigenvalue weighted by atomic mass is 79.9. The molecule has 1 heterocycles. The molecule has 0 saturated heterocycles. The summed E-state index contributed by atoms with van der Waals surface area (Å²) in [5.41, 5.74) is 3.05. The van der Waals surface area contributed by atoms with Gasteiger partial charge in [-0.3, -0.25) is 4.68 Å². The number of aromatic nitrogens is 2. The van der Waals surface area contributed by atoms with Gasteiger partial charge in [-0.1, -0.05) is 26.7 Å². The lowest BCUT2D eigenvalue weighted by atomic mass is 9.81. The molecule has 20 heavy (non-hydrogen) atoms. The molecule has 0 bridgehead atoms. The number of nitrogens with one attached hydrogen (secondary N) is 1. The molecule has 1 aromatic heterocycles. The summed E-state index contributed by atoms with van der Waals surface area (Å²) < 4.78 is 3.46. The second kappa shape index (κ2) is 7.08. The van der Waals surface area contributed by atoms with Gasteiger partial charge in [0.25, 0.3) is 0 Å². The highest BCUT2D eigenvalue weighted by molar-refractivity contribution is 9.10. The third-order valence-corrected chi connectivity index (χ3v) is 5.57. The van der Waals surface area contributed by atoms with Crippen LogP contribution in [-0.4, -0.2) is 22.9 Å². The van der Waals surface area contributed by atoms with Crippen LogP contribution in [0.15, 0.2) is 4.47 Å². The van der Waals surface area contributed by atoms with E-state index >= 15 is 0 Å². The molecule has 2 rings (SSSR count). The van der Waals surface area contributed by atoms with Gasteiger partial charge in [-0.15, -0.1) is 0 Å². The average Bonchev–Trinajstić information content (AvgIpc) is 3.04. The summed E-state index contributed by atoms with van der Waals surface area (Å²) in [6.07, 6.45) is 7.61. The quantitative estimate of drug-likeness (QED) is 0.813. The predicted molar refractivity (Wildman–Crippen MR) is 88.1 cm³/mol. The van der Waals surface area contributed by atoms with Gasteiger partial charge in [0, 0.05) is 13.1 Å². The summed E-state index contributed by atoms with van der Waals surface area (Å²) in [5, 5.41) is 8.33. The number of halogens is 1. The van der Waals surface area contributed by atoms with Crippen molar-refractivity contribution in [3.63, 3.8) is 0 Å². The molecule has 114 valence electrons. The van der Waals surface area contributed by atoms with Crippen molar-refractivity contribution in [3.05, 3.63) is 15.9 Å². The van der Waals surface area contributed by atoms with E-state index in [1.807, 2.05) is 0 Å². The second-order valence-electron chi connectivity index (χ2n) is 6.04. The van der Waals surface area contributed by atoms with E-state index in [4.69, 9.17) is 5.10 Å². The maximum Gasteiger partial charge on any atom is 0.0766 e. The summed E-state index contributed by atoms with van der Waals surface area (Å²) in [6, 6.07) is 0. The normalized spacial score (nSPS) is 17.8. The van der Waals surface area contributed by atoms with Crippen molar-refractivity contribution in [1.29, 1.82) is 0 Å². The summed E-state index contributed by atoms with van der Waals surface area (Å²) in [5.74, 6) is 0. The van der Waals surface area contributed by atoms with E-state index < -0.39 is 0 Å². The van der Waals surface area contributed by atoms with Crippen LogP contribution in [0.2, 0.25) is 0 Å². The van der Waals surface area contributed by atoms with E-state index in [9.17, 15) is 0 Å². The fourth-order valence-electron chi connectivity index (χ4n) is 3.47. The topological polar surface area (TPSA) is 29.9 Å². The van der Waals surface area contributed by atoms with Crippen molar-refractivity contribution in [2.75, 3.05) is 13.1 Å². The van der Waals surface area contributed by atoms with Gasteiger partial charge >= 0.3 is 0 Å². The smallest absolute Gasteiger partial charge is 0.0766 e. The van der Waals surface area contributed by atoms with Gasteiger partial charge in [0.2, 0.25) is 0 Å². The molecule has 0 radical (unpaired) electrons. The zero-order valence-corrected chi connectivity index (χ0v) is 14.7. The molecule has 0 spiro atoms. The van der Waals surface area contributed by atoms with Crippen LogP contribution in [0.5, 0.6) is 0 Å². The van der Waals surface area contributed by atoms with E-state index in [2.05, 4.69) is 46.7 Å². The number of hydrogen-bond donors (Lipinski definition) is 1. The van der Waals surface area contributed by atoms with Crippen molar-refractivity contribution in [2.45, 2.75) is 65.8 Å². The SMILES string of the molecule is CCNCC1(Cc2c(Br)c(CC)nn2CC)CCCC1. The fraction of sp³-hybridized carbons (Fsp3) is 0.812. The molecule has 4 heteroatoms. The molecule has 1 aromatic rings. The summed E-state index contributed by atoms with van der Waals surface area (Å²) in [6.45, 7) is 9.74. The Morgan fingerprint density at radius 2 is 1.95 bits per heavy atom. The van der Waals surface area contributed by atoms with Gasteiger partial charge < -0.3 is 5.32 Å². The molecule has 0 amide bonds. The van der Waals surface area contributed by atoms with Gasteiger partial charge in [-0.25, -0.2) is 0 Å². The molecule has 0 atom stereocenters. The molecular weight excluding hydrogens is 314 g/mol. The van der Waals surface area contributed by atoms with Crippen molar-refractivity contribution >= 4 is 15.9 Å². The van der Waals surface area contributed by atoms with Crippen molar-refractivity contribution in [2.24, 2.45) is 5.41 Å². The Hall–Kier alpha value is -0.350. The zero-order chi connectivity index (χ0) is 14.6. The Morgan fingerprint density at radius 3 is 2.50 bits per heavy atom.